The lowest BCUT2D eigenvalue weighted by atomic mass is 9.94. The quantitative estimate of drug-likeness (QED) is 0.619. The molecule has 0 unspecified atom stereocenters. The van der Waals surface area contributed by atoms with Crippen molar-refractivity contribution in [3.8, 4) is 0 Å². The number of carbonyl (C=O) groups is 1. The molecule has 172 valence electrons. The fourth-order valence-electron chi connectivity index (χ4n) is 5.77. The predicted molar refractivity (Wildman–Crippen MR) is 121 cm³/mol. The Balaban J connectivity index is 1.62. The normalized spacial score (nSPS) is 19.3. The summed E-state index contributed by atoms with van der Waals surface area (Å²) in [5, 5.41) is 5.15. The number of alkyl halides is 2. The molecule has 0 bridgehead atoms. The summed E-state index contributed by atoms with van der Waals surface area (Å²) >= 11 is 0. The van der Waals surface area contributed by atoms with E-state index in [1.807, 2.05) is 11.0 Å². The maximum Gasteiger partial charge on any atom is 0.264 e. The van der Waals surface area contributed by atoms with E-state index in [0.717, 1.165) is 61.3 Å². The van der Waals surface area contributed by atoms with Crippen molar-refractivity contribution in [1.82, 2.24) is 14.7 Å². The van der Waals surface area contributed by atoms with Gasteiger partial charge in [-0.1, -0.05) is 25.3 Å². The van der Waals surface area contributed by atoms with E-state index in [1.165, 1.54) is 25.0 Å². The first-order valence-corrected chi connectivity index (χ1v) is 12.0. The Bertz CT molecular complexity index is 1030. The van der Waals surface area contributed by atoms with Crippen LogP contribution in [0.1, 0.15) is 85.9 Å². The molecule has 0 radical (unpaired) electrons. The third-order valence-corrected chi connectivity index (χ3v) is 7.51. The zero-order valence-electron chi connectivity index (χ0n) is 19.0. The Morgan fingerprint density at radius 3 is 2.59 bits per heavy atom. The summed E-state index contributed by atoms with van der Waals surface area (Å²) in [6, 6.07) is 4.00. The van der Waals surface area contributed by atoms with Crippen LogP contribution in [0.5, 0.6) is 0 Å². The van der Waals surface area contributed by atoms with Crippen LogP contribution in [0.25, 0.3) is 0 Å². The molecule has 1 fully saturated rings. The molecule has 3 heterocycles. The second-order valence-electron chi connectivity index (χ2n) is 9.57. The van der Waals surface area contributed by atoms with E-state index < -0.39 is 6.43 Å². The summed E-state index contributed by atoms with van der Waals surface area (Å²) in [6.07, 6.45) is 6.14. The van der Waals surface area contributed by atoms with E-state index in [4.69, 9.17) is 5.10 Å². The van der Waals surface area contributed by atoms with Gasteiger partial charge in [0.2, 0.25) is 5.91 Å². The Kier molecular flexibility index (Phi) is 5.68. The van der Waals surface area contributed by atoms with Crippen LogP contribution < -0.4 is 4.90 Å². The second kappa shape index (κ2) is 8.49. The molecule has 3 aliphatic rings. The first kappa shape index (κ1) is 21.4. The van der Waals surface area contributed by atoms with Crippen molar-refractivity contribution in [3.05, 3.63) is 40.1 Å². The Labute approximate surface area is 188 Å². The zero-order chi connectivity index (χ0) is 22.4. The van der Waals surface area contributed by atoms with Crippen LogP contribution in [0, 0.1) is 6.92 Å². The van der Waals surface area contributed by atoms with E-state index in [0.29, 0.717) is 24.7 Å². The van der Waals surface area contributed by atoms with Gasteiger partial charge < -0.3 is 9.80 Å². The van der Waals surface area contributed by atoms with Crippen LogP contribution >= 0.6 is 0 Å². The fraction of sp³-hybridized carbons (Fsp3) is 0.600. The van der Waals surface area contributed by atoms with Crippen LogP contribution in [0.3, 0.4) is 0 Å². The number of benzene rings is 1. The molecular weight excluding hydrogens is 410 g/mol. The first-order chi connectivity index (χ1) is 15.4. The average Bonchev–Trinajstić information content (AvgIpc) is 3.17. The van der Waals surface area contributed by atoms with Crippen LogP contribution in [-0.2, 0) is 24.2 Å². The average molecular weight is 443 g/mol. The summed E-state index contributed by atoms with van der Waals surface area (Å²) in [4.78, 5) is 16.2. The van der Waals surface area contributed by atoms with E-state index in [1.54, 1.807) is 19.9 Å². The maximum atomic E-state index is 13.7. The largest absolute Gasteiger partial charge is 0.338 e. The van der Waals surface area contributed by atoms with Gasteiger partial charge in [-0.25, -0.2) is 8.78 Å². The minimum Gasteiger partial charge on any atom is -0.338 e. The van der Waals surface area contributed by atoms with Crippen molar-refractivity contribution in [1.29, 1.82) is 0 Å². The highest BCUT2D eigenvalue weighted by Gasteiger charge is 2.33. The highest BCUT2D eigenvalue weighted by molar-refractivity contribution is 5.75. The molecule has 5 rings (SSSR count). The Morgan fingerprint density at radius 1 is 1.09 bits per heavy atom. The van der Waals surface area contributed by atoms with Gasteiger partial charge in [0, 0.05) is 48.9 Å². The van der Waals surface area contributed by atoms with E-state index in [-0.39, 0.29) is 11.5 Å². The number of rotatable bonds is 3. The summed E-state index contributed by atoms with van der Waals surface area (Å²) < 4.78 is 29.6. The molecule has 1 aromatic carbocycles. The highest BCUT2D eigenvalue weighted by atomic mass is 19.3. The summed E-state index contributed by atoms with van der Waals surface area (Å²) in [5.74, 6) is 0.934. The van der Waals surface area contributed by atoms with Gasteiger partial charge >= 0.3 is 0 Å². The minimum atomic E-state index is -2.49. The number of hydrogen-bond acceptors (Lipinski definition) is 3. The van der Waals surface area contributed by atoms with Gasteiger partial charge in [0.1, 0.15) is 0 Å². The van der Waals surface area contributed by atoms with Crippen molar-refractivity contribution in [2.24, 2.45) is 0 Å². The number of aromatic nitrogens is 2. The van der Waals surface area contributed by atoms with Crippen molar-refractivity contribution >= 4 is 17.4 Å². The molecule has 2 aliphatic heterocycles. The van der Waals surface area contributed by atoms with Crippen LogP contribution in [0.4, 0.5) is 20.3 Å². The van der Waals surface area contributed by atoms with Gasteiger partial charge in [-0.2, -0.15) is 5.10 Å². The number of anilines is 2. The van der Waals surface area contributed by atoms with Gasteiger partial charge in [-0.05, 0) is 49.8 Å². The number of nitrogens with zero attached hydrogens (tertiary/aromatic N) is 4. The zero-order valence-corrected chi connectivity index (χ0v) is 19.0. The maximum absolute atomic E-state index is 13.7. The van der Waals surface area contributed by atoms with E-state index in [2.05, 4.69) is 9.58 Å². The van der Waals surface area contributed by atoms with Gasteiger partial charge in [-0.3, -0.25) is 9.48 Å². The molecule has 5 nitrogen and oxygen atoms in total. The van der Waals surface area contributed by atoms with Crippen molar-refractivity contribution in [2.45, 2.75) is 84.2 Å². The number of carbonyl (C=O) groups excluding carboxylic acids is 1. The van der Waals surface area contributed by atoms with E-state index >= 15 is 0 Å². The molecule has 1 aromatic heterocycles. The standard InChI is InChI=1S/C25H32F2N4O/c1-16-13-18-7-6-11-30(23(18)14-20(16)24(26)27)25-21-15-29(17(2)32)12-10-22(21)31(28-25)19-8-4-3-5-9-19/h13-14,19,24H,3-12,15H2,1-2H3. The third kappa shape index (κ3) is 3.69. The van der Waals surface area contributed by atoms with Gasteiger partial charge in [0.15, 0.2) is 5.82 Å². The highest BCUT2D eigenvalue weighted by Crippen LogP contribution is 2.42. The molecule has 1 amide bonds. The monoisotopic (exact) mass is 442 g/mol. The summed E-state index contributed by atoms with van der Waals surface area (Å²) in [5.41, 5.74) is 5.05. The van der Waals surface area contributed by atoms with Crippen molar-refractivity contribution in [2.75, 3.05) is 18.0 Å². The molecule has 0 spiro atoms. The lowest BCUT2D eigenvalue weighted by molar-refractivity contribution is -0.129. The Morgan fingerprint density at radius 2 is 1.88 bits per heavy atom. The van der Waals surface area contributed by atoms with Crippen LogP contribution in [0.2, 0.25) is 0 Å². The lowest BCUT2D eigenvalue weighted by Crippen LogP contribution is -2.35. The number of amides is 1. The lowest BCUT2D eigenvalue weighted by Gasteiger charge is -2.33. The van der Waals surface area contributed by atoms with Gasteiger partial charge in [-0.15, -0.1) is 0 Å². The molecule has 7 heteroatoms. The Hall–Kier alpha value is -2.44. The SMILES string of the molecule is CC(=O)N1CCc2c(c(N3CCCc4cc(C)c(C(F)F)cc43)nn2C2CCCCC2)C1. The fourth-order valence-corrected chi connectivity index (χ4v) is 5.77. The van der Waals surface area contributed by atoms with Gasteiger partial charge in [0.05, 0.1) is 12.6 Å². The van der Waals surface area contributed by atoms with Crippen LogP contribution in [-0.4, -0.2) is 33.7 Å². The number of hydrogen-bond donors (Lipinski definition) is 0. The molecular formula is C25H32F2N4O. The van der Waals surface area contributed by atoms with E-state index in [9.17, 15) is 13.6 Å². The molecule has 1 aliphatic carbocycles. The molecule has 1 saturated carbocycles. The molecule has 32 heavy (non-hydrogen) atoms. The topological polar surface area (TPSA) is 41.4 Å². The minimum absolute atomic E-state index is 0.0710. The number of fused-ring (bicyclic) bond motifs is 2. The molecule has 0 N–H and O–H groups in total. The second-order valence-corrected chi connectivity index (χ2v) is 9.57. The summed E-state index contributed by atoms with van der Waals surface area (Å²) in [6.45, 7) is 5.40. The first-order valence-electron chi connectivity index (χ1n) is 12.0. The van der Waals surface area contributed by atoms with Crippen molar-refractivity contribution in [3.63, 3.8) is 0 Å². The van der Waals surface area contributed by atoms with Crippen LogP contribution in [0.15, 0.2) is 12.1 Å². The van der Waals surface area contributed by atoms with Crippen molar-refractivity contribution < 1.29 is 13.6 Å². The molecule has 0 atom stereocenters. The number of halogens is 2. The summed E-state index contributed by atoms with van der Waals surface area (Å²) in [7, 11) is 0. The van der Waals surface area contributed by atoms with Gasteiger partial charge in [0.25, 0.3) is 6.43 Å². The molecule has 0 saturated heterocycles. The molecule has 2 aromatic rings. The number of aryl methyl sites for hydroxylation is 2. The predicted octanol–water partition coefficient (Wildman–Crippen LogP) is 5.62. The third-order valence-electron chi connectivity index (χ3n) is 7.51. The smallest absolute Gasteiger partial charge is 0.264 e.